The number of hydrogen-bond acceptors (Lipinski definition) is 10. The van der Waals surface area contributed by atoms with Crippen LogP contribution in [0.15, 0.2) is 52.3 Å². The van der Waals surface area contributed by atoms with Crippen molar-refractivity contribution in [3.05, 3.63) is 80.4 Å². The first kappa shape index (κ1) is 32.9. The van der Waals surface area contributed by atoms with E-state index in [-0.39, 0.29) is 37.8 Å². The molecule has 15 heteroatoms. The zero-order valence-corrected chi connectivity index (χ0v) is 25.6. The first-order valence-electron chi connectivity index (χ1n) is 14.3. The Balaban J connectivity index is 1.52. The Morgan fingerprint density at radius 1 is 1.07 bits per heavy atom. The molecule has 14 nitrogen and oxygen atoms in total. The summed E-state index contributed by atoms with van der Waals surface area (Å²) < 4.78 is 27.1. The first-order valence-corrected chi connectivity index (χ1v) is 15.9. The van der Waals surface area contributed by atoms with Crippen molar-refractivity contribution >= 4 is 7.60 Å². The zero-order valence-electron chi connectivity index (χ0n) is 24.7. The second-order valence-corrected chi connectivity index (χ2v) is 13.3. The molecule has 0 saturated carbocycles. The second-order valence-electron chi connectivity index (χ2n) is 11.2. The van der Waals surface area contributed by atoms with E-state index in [2.05, 4.69) is 15.3 Å². The number of aromatic amines is 1. The number of aliphatic hydroxyl groups excluding tert-OH is 2. The summed E-state index contributed by atoms with van der Waals surface area (Å²) in [5.74, 6) is 0. The molecule has 1 aliphatic rings. The third kappa shape index (κ3) is 7.07. The van der Waals surface area contributed by atoms with Gasteiger partial charge in [0.05, 0.1) is 29.5 Å². The number of aliphatic hydroxyl groups is 3. The maximum atomic E-state index is 13.1. The van der Waals surface area contributed by atoms with Crippen LogP contribution < -0.4 is 11.2 Å². The van der Waals surface area contributed by atoms with Crippen LogP contribution >= 0.6 is 7.60 Å². The molecule has 4 rings (SSSR count). The molecule has 43 heavy (non-hydrogen) atoms. The van der Waals surface area contributed by atoms with E-state index in [0.29, 0.717) is 12.1 Å². The number of nitrogens with zero attached hydrogens (tertiary/aromatic N) is 4. The summed E-state index contributed by atoms with van der Waals surface area (Å²) in [6.07, 6.45) is -2.04. The molecule has 236 valence electrons. The van der Waals surface area contributed by atoms with Crippen molar-refractivity contribution in [3.8, 4) is 0 Å². The highest BCUT2D eigenvalue weighted by molar-refractivity contribution is 7.54. The quantitative estimate of drug-likeness (QED) is 0.174. The standard InChI is InChI=1S/C28H40N5O9P/c1-5-27(4,42-43(39,40)28(38,6-2)7-3)14-21-22(34)23(35)25(41-21)33-16-19(24(36)29-26(33)37)15-32-17-20(30-31-32)13-18-11-9-8-10-12-18/h8-12,16-17,21-23,25,34-35,38H,5-7,13-15H2,1-4H3,(H,39,40)(H,29,36,37). The molecular formula is C28H40N5O9P. The summed E-state index contributed by atoms with van der Waals surface area (Å²) in [4.78, 5) is 38.3. The smallest absolute Gasteiger partial charge is 0.359 e. The third-order valence-electron chi connectivity index (χ3n) is 8.18. The van der Waals surface area contributed by atoms with Gasteiger partial charge in [0.25, 0.3) is 5.56 Å². The molecule has 0 aliphatic carbocycles. The Kier molecular flexibility index (Phi) is 9.92. The number of nitrogens with one attached hydrogen (secondary N) is 1. The van der Waals surface area contributed by atoms with Gasteiger partial charge in [-0.3, -0.25) is 18.9 Å². The highest BCUT2D eigenvalue weighted by Crippen LogP contribution is 2.60. The lowest BCUT2D eigenvalue weighted by Gasteiger charge is -2.38. The molecule has 6 unspecified atom stereocenters. The van der Waals surface area contributed by atoms with Crippen LogP contribution in [0.1, 0.15) is 76.4 Å². The van der Waals surface area contributed by atoms with Gasteiger partial charge in [-0.05, 0) is 31.7 Å². The molecule has 3 aromatic rings. The Bertz CT molecular complexity index is 1550. The number of ether oxygens (including phenoxy) is 1. The highest BCUT2D eigenvalue weighted by atomic mass is 31.2. The number of hydrogen-bond donors (Lipinski definition) is 5. The minimum atomic E-state index is -4.54. The van der Waals surface area contributed by atoms with Crippen LogP contribution in [0.25, 0.3) is 0 Å². The van der Waals surface area contributed by atoms with Crippen molar-refractivity contribution in [1.29, 1.82) is 0 Å². The zero-order chi connectivity index (χ0) is 31.6. The molecule has 0 radical (unpaired) electrons. The predicted octanol–water partition coefficient (Wildman–Crippen LogP) is 1.66. The average molecular weight is 622 g/mol. The summed E-state index contributed by atoms with van der Waals surface area (Å²) in [6.45, 7) is 6.38. The fourth-order valence-electron chi connectivity index (χ4n) is 5.14. The molecule has 0 amide bonds. The molecular weight excluding hydrogens is 581 g/mol. The van der Waals surface area contributed by atoms with E-state index in [1.54, 1.807) is 33.9 Å². The van der Waals surface area contributed by atoms with Gasteiger partial charge in [0, 0.05) is 25.2 Å². The molecule has 1 saturated heterocycles. The van der Waals surface area contributed by atoms with Crippen LogP contribution in [0, 0.1) is 0 Å². The van der Waals surface area contributed by atoms with Gasteiger partial charge in [-0.2, -0.15) is 0 Å². The van der Waals surface area contributed by atoms with E-state index >= 15 is 0 Å². The van der Waals surface area contributed by atoms with Crippen molar-refractivity contribution in [3.63, 3.8) is 0 Å². The maximum Gasteiger partial charge on any atom is 0.359 e. The van der Waals surface area contributed by atoms with Crippen LogP contribution in [0.4, 0.5) is 0 Å². The van der Waals surface area contributed by atoms with Crippen molar-refractivity contribution in [2.75, 3.05) is 0 Å². The van der Waals surface area contributed by atoms with Crippen LogP contribution in [-0.4, -0.2) is 74.0 Å². The topological polar surface area (TPSA) is 202 Å². The lowest BCUT2D eigenvalue weighted by molar-refractivity contribution is -0.0721. The number of aromatic nitrogens is 5. The molecule has 0 spiro atoms. The van der Waals surface area contributed by atoms with Crippen LogP contribution in [0.3, 0.4) is 0 Å². The molecule has 0 bridgehead atoms. The Hall–Kier alpha value is -2.97. The van der Waals surface area contributed by atoms with Crippen molar-refractivity contribution < 1.29 is 34.0 Å². The Morgan fingerprint density at radius 3 is 2.37 bits per heavy atom. The molecule has 1 fully saturated rings. The molecule has 3 heterocycles. The maximum absolute atomic E-state index is 13.1. The fourth-order valence-corrected chi connectivity index (χ4v) is 6.91. The van der Waals surface area contributed by atoms with E-state index in [1.807, 2.05) is 30.3 Å². The van der Waals surface area contributed by atoms with Gasteiger partial charge in [0.2, 0.25) is 0 Å². The van der Waals surface area contributed by atoms with Gasteiger partial charge in [-0.1, -0.05) is 56.3 Å². The van der Waals surface area contributed by atoms with E-state index in [1.165, 1.54) is 10.9 Å². The first-order chi connectivity index (χ1) is 20.2. The van der Waals surface area contributed by atoms with E-state index in [0.717, 1.165) is 10.1 Å². The number of H-pyrrole nitrogens is 1. The summed E-state index contributed by atoms with van der Waals surface area (Å²) in [5, 5.41) is 38.7. The Labute approximate surface area is 248 Å². The SMILES string of the molecule is CCC(C)(CC1OC(n2cc(Cn3cc(Cc4ccccc4)nn3)c(=O)[nH]c2=O)C(O)C1O)OP(=O)(O)C(O)(CC)CC. The second kappa shape index (κ2) is 12.9. The number of benzene rings is 1. The highest BCUT2D eigenvalue weighted by Gasteiger charge is 2.51. The lowest BCUT2D eigenvalue weighted by atomic mass is 9.93. The van der Waals surface area contributed by atoms with Crippen molar-refractivity contribution in [1.82, 2.24) is 24.5 Å². The van der Waals surface area contributed by atoms with E-state index in [9.17, 15) is 34.4 Å². The monoisotopic (exact) mass is 621 g/mol. The average Bonchev–Trinajstić information content (AvgIpc) is 3.52. The van der Waals surface area contributed by atoms with Crippen LogP contribution in [0.2, 0.25) is 0 Å². The lowest BCUT2D eigenvalue weighted by Crippen LogP contribution is -2.41. The molecule has 2 aromatic heterocycles. The summed E-state index contributed by atoms with van der Waals surface area (Å²) >= 11 is 0. The number of rotatable bonds is 13. The molecule has 5 N–H and O–H groups in total. The minimum Gasteiger partial charge on any atom is -0.388 e. The van der Waals surface area contributed by atoms with Gasteiger partial charge in [-0.15, -0.1) is 5.10 Å². The van der Waals surface area contributed by atoms with Crippen molar-refractivity contribution in [2.24, 2.45) is 0 Å². The Morgan fingerprint density at radius 2 is 1.74 bits per heavy atom. The van der Waals surface area contributed by atoms with Crippen LogP contribution in [-0.2, 0) is 26.8 Å². The van der Waals surface area contributed by atoms with Crippen LogP contribution in [0.5, 0.6) is 0 Å². The summed E-state index contributed by atoms with van der Waals surface area (Å²) in [6, 6.07) is 9.67. The molecule has 1 aliphatic heterocycles. The van der Waals surface area contributed by atoms with E-state index in [4.69, 9.17) is 9.26 Å². The van der Waals surface area contributed by atoms with Gasteiger partial charge in [-0.25, -0.2) is 9.48 Å². The molecule has 1 aromatic carbocycles. The third-order valence-corrected chi connectivity index (χ3v) is 10.6. The van der Waals surface area contributed by atoms with Gasteiger partial charge in [0.1, 0.15) is 12.2 Å². The summed E-state index contributed by atoms with van der Waals surface area (Å²) in [7, 11) is -4.54. The van der Waals surface area contributed by atoms with Gasteiger partial charge in [0.15, 0.2) is 11.6 Å². The van der Waals surface area contributed by atoms with E-state index < -0.39 is 54.3 Å². The van der Waals surface area contributed by atoms with Crippen molar-refractivity contribution in [2.45, 2.75) is 102 Å². The minimum absolute atomic E-state index is 0.0131. The predicted molar refractivity (Wildman–Crippen MR) is 155 cm³/mol. The largest absolute Gasteiger partial charge is 0.388 e. The summed E-state index contributed by atoms with van der Waals surface area (Å²) in [5.41, 5.74) is -1.00. The molecule has 6 atom stereocenters. The van der Waals surface area contributed by atoms with Gasteiger partial charge < -0.3 is 29.5 Å². The normalized spacial score (nSPS) is 23.6. The fraction of sp³-hybridized carbons (Fsp3) is 0.571. The van der Waals surface area contributed by atoms with Gasteiger partial charge >= 0.3 is 13.3 Å².